The van der Waals surface area contributed by atoms with Crippen molar-refractivity contribution in [3.05, 3.63) is 29.7 Å². The maximum atomic E-state index is 13.4. The van der Waals surface area contributed by atoms with E-state index in [-0.39, 0.29) is 29.5 Å². The van der Waals surface area contributed by atoms with E-state index in [1.165, 1.54) is 12.1 Å². The number of nitrogens with one attached hydrogen (secondary N) is 1. The van der Waals surface area contributed by atoms with Crippen LogP contribution in [0.4, 0.5) is 4.39 Å². The SMILES string of the molecule is NC(=O)C1CCCCC1C(=O)NCCCCN1CCC(c2noc3cc(F)ccc23)CC1. The summed E-state index contributed by atoms with van der Waals surface area (Å²) in [6.45, 7) is 3.63. The lowest BCUT2D eigenvalue weighted by atomic mass is 9.78. The highest BCUT2D eigenvalue weighted by atomic mass is 19.1. The molecule has 2 aliphatic rings. The van der Waals surface area contributed by atoms with E-state index in [9.17, 15) is 14.0 Å². The average Bonchev–Trinajstić information content (AvgIpc) is 3.22. The molecule has 2 heterocycles. The number of fused-ring (bicyclic) bond motifs is 1. The molecule has 1 saturated carbocycles. The molecule has 2 fully saturated rings. The normalized spacial score (nSPS) is 22.8. The Labute approximate surface area is 187 Å². The molecule has 1 saturated heterocycles. The number of nitrogens with zero attached hydrogens (tertiary/aromatic N) is 2. The van der Waals surface area contributed by atoms with Gasteiger partial charge in [-0.1, -0.05) is 18.0 Å². The molecular weight excluding hydrogens is 411 g/mol. The van der Waals surface area contributed by atoms with Crippen molar-refractivity contribution >= 4 is 22.8 Å². The molecule has 0 spiro atoms. The van der Waals surface area contributed by atoms with Gasteiger partial charge < -0.3 is 20.5 Å². The Morgan fingerprint density at radius 1 is 1.12 bits per heavy atom. The van der Waals surface area contributed by atoms with Crippen LogP contribution in [-0.4, -0.2) is 48.0 Å². The molecule has 0 bridgehead atoms. The minimum absolute atomic E-state index is 0.0194. The highest BCUT2D eigenvalue weighted by Crippen LogP contribution is 2.33. The summed E-state index contributed by atoms with van der Waals surface area (Å²) in [6.07, 6.45) is 7.38. The first-order valence-electron chi connectivity index (χ1n) is 11.9. The summed E-state index contributed by atoms with van der Waals surface area (Å²) in [5.74, 6) is -0.910. The first-order valence-corrected chi connectivity index (χ1v) is 11.9. The van der Waals surface area contributed by atoms with Crippen LogP contribution in [0.2, 0.25) is 0 Å². The number of nitrogens with two attached hydrogens (primary N) is 1. The van der Waals surface area contributed by atoms with E-state index < -0.39 is 0 Å². The number of hydrogen-bond donors (Lipinski definition) is 2. The van der Waals surface area contributed by atoms with Crippen molar-refractivity contribution in [3.63, 3.8) is 0 Å². The Hall–Kier alpha value is -2.48. The summed E-state index contributed by atoms with van der Waals surface area (Å²) in [5, 5.41) is 8.14. The van der Waals surface area contributed by atoms with E-state index in [1.807, 2.05) is 0 Å². The molecule has 1 aromatic carbocycles. The monoisotopic (exact) mass is 444 g/mol. The number of hydrogen-bond acceptors (Lipinski definition) is 5. The van der Waals surface area contributed by atoms with Crippen LogP contribution in [-0.2, 0) is 9.59 Å². The predicted molar refractivity (Wildman–Crippen MR) is 119 cm³/mol. The van der Waals surface area contributed by atoms with Gasteiger partial charge in [0.1, 0.15) is 5.82 Å². The zero-order chi connectivity index (χ0) is 22.5. The van der Waals surface area contributed by atoms with Gasteiger partial charge in [-0.15, -0.1) is 0 Å². The summed E-state index contributed by atoms with van der Waals surface area (Å²) in [5.41, 5.74) is 6.94. The van der Waals surface area contributed by atoms with Gasteiger partial charge in [-0.05, 0) is 70.3 Å². The Kier molecular flexibility index (Phi) is 7.40. The van der Waals surface area contributed by atoms with Gasteiger partial charge in [0.05, 0.1) is 5.69 Å². The quantitative estimate of drug-likeness (QED) is 0.608. The van der Waals surface area contributed by atoms with Gasteiger partial charge in [0.25, 0.3) is 0 Å². The van der Waals surface area contributed by atoms with E-state index in [2.05, 4.69) is 15.4 Å². The number of piperidine rings is 1. The topological polar surface area (TPSA) is 101 Å². The molecule has 1 aliphatic carbocycles. The van der Waals surface area contributed by atoms with Crippen LogP contribution in [0.25, 0.3) is 11.0 Å². The van der Waals surface area contributed by atoms with Crippen molar-refractivity contribution in [1.82, 2.24) is 15.4 Å². The van der Waals surface area contributed by atoms with Crippen LogP contribution >= 0.6 is 0 Å². The number of amides is 2. The summed E-state index contributed by atoms with van der Waals surface area (Å²) >= 11 is 0. The van der Waals surface area contributed by atoms with Gasteiger partial charge in [-0.2, -0.15) is 0 Å². The van der Waals surface area contributed by atoms with Crippen LogP contribution in [0, 0.1) is 17.7 Å². The molecule has 3 N–H and O–H groups in total. The van der Waals surface area contributed by atoms with E-state index in [0.29, 0.717) is 18.0 Å². The lowest BCUT2D eigenvalue weighted by molar-refractivity contribution is -0.134. The molecule has 2 aromatic rings. The van der Waals surface area contributed by atoms with Crippen molar-refractivity contribution in [3.8, 4) is 0 Å². The molecule has 1 aromatic heterocycles. The van der Waals surface area contributed by atoms with Crippen LogP contribution in [0.1, 0.15) is 63.0 Å². The Balaban J connectivity index is 1.15. The third-order valence-electron chi connectivity index (χ3n) is 7.10. The van der Waals surface area contributed by atoms with Gasteiger partial charge >= 0.3 is 0 Å². The zero-order valence-corrected chi connectivity index (χ0v) is 18.5. The summed E-state index contributed by atoms with van der Waals surface area (Å²) < 4.78 is 18.7. The number of rotatable bonds is 8. The Morgan fingerprint density at radius 3 is 2.62 bits per heavy atom. The van der Waals surface area contributed by atoms with Gasteiger partial charge in [-0.25, -0.2) is 4.39 Å². The summed E-state index contributed by atoms with van der Waals surface area (Å²) in [4.78, 5) is 26.5. The minimum Gasteiger partial charge on any atom is -0.369 e. The van der Waals surface area contributed by atoms with Crippen molar-refractivity contribution in [2.75, 3.05) is 26.2 Å². The molecule has 2 atom stereocenters. The third-order valence-corrected chi connectivity index (χ3v) is 7.10. The Bertz CT molecular complexity index is 938. The largest absolute Gasteiger partial charge is 0.369 e. The minimum atomic E-state index is -0.348. The number of unbranched alkanes of at least 4 members (excludes halogenated alkanes) is 1. The standard InChI is InChI=1S/C24H33FN4O3/c25-17-7-8-20-21(15-17)32-28-22(20)16-9-13-29(14-10-16)12-4-3-11-27-24(31)19-6-2-1-5-18(19)23(26)30/h7-8,15-16,18-19H,1-6,9-14H2,(H2,26,30)(H,27,31). The van der Waals surface area contributed by atoms with E-state index in [1.54, 1.807) is 6.07 Å². The van der Waals surface area contributed by atoms with E-state index >= 15 is 0 Å². The second-order valence-corrected chi connectivity index (χ2v) is 9.22. The molecule has 1 aliphatic heterocycles. The number of halogens is 1. The molecule has 0 radical (unpaired) electrons. The Morgan fingerprint density at radius 2 is 1.88 bits per heavy atom. The van der Waals surface area contributed by atoms with Crippen LogP contribution in [0.3, 0.4) is 0 Å². The van der Waals surface area contributed by atoms with Gasteiger partial charge in [0.2, 0.25) is 11.8 Å². The van der Waals surface area contributed by atoms with Gasteiger partial charge in [0, 0.05) is 35.8 Å². The summed E-state index contributed by atoms with van der Waals surface area (Å²) in [7, 11) is 0. The number of carbonyl (C=O) groups excluding carboxylic acids is 2. The van der Waals surface area contributed by atoms with Crippen molar-refractivity contribution < 1.29 is 18.5 Å². The van der Waals surface area contributed by atoms with Crippen molar-refractivity contribution in [2.45, 2.75) is 57.3 Å². The highest BCUT2D eigenvalue weighted by Gasteiger charge is 2.34. The fraction of sp³-hybridized carbons (Fsp3) is 0.625. The molecular formula is C24H33FN4O3. The molecule has 8 heteroatoms. The van der Waals surface area contributed by atoms with Crippen LogP contribution < -0.4 is 11.1 Å². The first-order chi connectivity index (χ1) is 15.5. The number of carbonyl (C=O) groups is 2. The fourth-order valence-electron chi connectivity index (χ4n) is 5.24. The average molecular weight is 445 g/mol. The lowest BCUT2D eigenvalue weighted by Gasteiger charge is -2.31. The molecule has 2 amide bonds. The number of likely N-dealkylation sites (tertiary alicyclic amines) is 1. The number of benzene rings is 1. The number of aromatic nitrogens is 1. The number of primary amides is 1. The first kappa shape index (κ1) is 22.7. The van der Waals surface area contributed by atoms with Gasteiger partial charge in [-0.3, -0.25) is 9.59 Å². The van der Waals surface area contributed by atoms with E-state index in [0.717, 1.165) is 82.1 Å². The van der Waals surface area contributed by atoms with Gasteiger partial charge in [0.15, 0.2) is 5.58 Å². The lowest BCUT2D eigenvalue weighted by Crippen LogP contribution is -2.42. The fourth-order valence-corrected chi connectivity index (χ4v) is 5.24. The summed E-state index contributed by atoms with van der Waals surface area (Å²) in [6, 6.07) is 4.61. The maximum absolute atomic E-state index is 13.4. The smallest absolute Gasteiger partial charge is 0.223 e. The van der Waals surface area contributed by atoms with Crippen molar-refractivity contribution in [1.29, 1.82) is 0 Å². The molecule has 32 heavy (non-hydrogen) atoms. The second-order valence-electron chi connectivity index (χ2n) is 9.22. The highest BCUT2D eigenvalue weighted by molar-refractivity contribution is 5.87. The molecule has 2 unspecified atom stereocenters. The third kappa shape index (κ3) is 5.28. The zero-order valence-electron chi connectivity index (χ0n) is 18.5. The maximum Gasteiger partial charge on any atom is 0.223 e. The molecule has 174 valence electrons. The molecule has 7 nitrogen and oxygen atoms in total. The predicted octanol–water partition coefficient (Wildman–Crippen LogP) is 3.33. The van der Waals surface area contributed by atoms with Crippen LogP contribution in [0.15, 0.2) is 22.7 Å². The van der Waals surface area contributed by atoms with Crippen LogP contribution in [0.5, 0.6) is 0 Å². The van der Waals surface area contributed by atoms with Crippen molar-refractivity contribution in [2.24, 2.45) is 17.6 Å². The molecule has 4 rings (SSSR count). The van der Waals surface area contributed by atoms with E-state index in [4.69, 9.17) is 10.3 Å². The second kappa shape index (κ2) is 10.4.